The van der Waals surface area contributed by atoms with Gasteiger partial charge in [0.25, 0.3) is 0 Å². The molecule has 0 radical (unpaired) electrons. The van der Waals surface area contributed by atoms with E-state index < -0.39 is 41.6 Å². The molecule has 214 valence electrons. The number of hydrogen-bond donors (Lipinski definition) is 3. The van der Waals surface area contributed by atoms with Crippen molar-refractivity contribution in [3.05, 3.63) is 35.9 Å². The number of rotatable bonds is 16. The lowest BCUT2D eigenvalue weighted by molar-refractivity contribution is -0.144. The predicted octanol–water partition coefficient (Wildman–Crippen LogP) is 4.42. The normalized spacial score (nSPS) is 12.7. The highest BCUT2D eigenvalue weighted by Gasteiger charge is 2.35. The Morgan fingerprint density at radius 1 is 1.00 bits per heavy atom. The van der Waals surface area contributed by atoms with Crippen LogP contribution in [0.4, 0.5) is 4.79 Å². The molecule has 3 amide bonds. The zero-order valence-corrected chi connectivity index (χ0v) is 24.4. The highest BCUT2D eigenvalue weighted by molar-refractivity contribution is 7.80. The predicted molar refractivity (Wildman–Crippen MR) is 151 cm³/mol. The number of carbonyl (C=O) groups excluding carboxylic acids is 4. The number of unbranched alkanes of at least 4 members (excludes halogenated alkanes) is 4. The SMILES string of the molecule is CCCCCCCN(C(=O)C(CS)NC(=O)OC(C)(C)C)C(C(=O)NCCC(=O)OCC)c1ccccc1. The molecule has 0 heterocycles. The third-order valence-electron chi connectivity index (χ3n) is 5.57. The fourth-order valence-corrected chi connectivity index (χ4v) is 4.06. The van der Waals surface area contributed by atoms with Gasteiger partial charge < -0.3 is 25.0 Å². The molecule has 0 aromatic heterocycles. The summed E-state index contributed by atoms with van der Waals surface area (Å²) in [5.74, 6) is -1.24. The average Bonchev–Trinajstić information content (AvgIpc) is 2.85. The van der Waals surface area contributed by atoms with E-state index in [2.05, 4.69) is 30.2 Å². The van der Waals surface area contributed by atoms with Crippen molar-refractivity contribution in [3.63, 3.8) is 0 Å². The van der Waals surface area contributed by atoms with Crippen LogP contribution >= 0.6 is 12.6 Å². The molecule has 0 fully saturated rings. The monoisotopic (exact) mass is 551 g/mol. The second-order valence-electron chi connectivity index (χ2n) is 9.99. The van der Waals surface area contributed by atoms with Crippen molar-refractivity contribution in [2.24, 2.45) is 0 Å². The van der Waals surface area contributed by atoms with Crippen molar-refractivity contribution >= 4 is 36.5 Å². The maximum atomic E-state index is 13.8. The van der Waals surface area contributed by atoms with Gasteiger partial charge in [-0.15, -0.1) is 0 Å². The van der Waals surface area contributed by atoms with Crippen LogP contribution in [0.2, 0.25) is 0 Å². The summed E-state index contributed by atoms with van der Waals surface area (Å²) in [6.45, 7) is 9.70. The van der Waals surface area contributed by atoms with E-state index in [-0.39, 0.29) is 25.3 Å². The van der Waals surface area contributed by atoms with E-state index in [1.165, 1.54) is 4.90 Å². The van der Waals surface area contributed by atoms with Gasteiger partial charge in [-0.05, 0) is 39.7 Å². The van der Waals surface area contributed by atoms with Crippen LogP contribution in [0.15, 0.2) is 30.3 Å². The number of nitrogens with zero attached hydrogens (tertiary/aromatic N) is 1. The lowest BCUT2D eigenvalue weighted by atomic mass is 10.0. The van der Waals surface area contributed by atoms with Crippen molar-refractivity contribution in [1.82, 2.24) is 15.5 Å². The molecule has 0 saturated heterocycles. The summed E-state index contributed by atoms with van der Waals surface area (Å²) < 4.78 is 10.3. The minimum absolute atomic E-state index is 0.0194. The molecule has 0 spiro atoms. The number of alkyl carbamates (subject to hydrolysis) is 1. The molecule has 1 aromatic carbocycles. The molecule has 0 saturated carbocycles. The largest absolute Gasteiger partial charge is 0.466 e. The molecule has 0 bridgehead atoms. The third-order valence-corrected chi connectivity index (χ3v) is 5.93. The number of nitrogens with one attached hydrogen (secondary N) is 2. The Morgan fingerprint density at radius 2 is 1.66 bits per heavy atom. The van der Waals surface area contributed by atoms with Gasteiger partial charge in [-0.2, -0.15) is 12.6 Å². The summed E-state index contributed by atoms with van der Waals surface area (Å²) in [4.78, 5) is 53.1. The molecule has 10 heteroatoms. The lowest BCUT2D eigenvalue weighted by Gasteiger charge is -2.34. The number of thiol groups is 1. The molecule has 0 aliphatic heterocycles. The summed E-state index contributed by atoms with van der Waals surface area (Å²) in [5, 5.41) is 5.39. The van der Waals surface area contributed by atoms with E-state index in [0.29, 0.717) is 18.5 Å². The summed E-state index contributed by atoms with van der Waals surface area (Å²) in [6.07, 6.45) is 4.07. The summed E-state index contributed by atoms with van der Waals surface area (Å²) in [6, 6.07) is 7.03. The molecule has 0 aliphatic carbocycles. The van der Waals surface area contributed by atoms with Crippen molar-refractivity contribution in [2.75, 3.05) is 25.4 Å². The first-order valence-corrected chi connectivity index (χ1v) is 14.1. The van der Waals surface area contributed by atoms with Crippen molar-refractivity contribution in [1.29, 1.82) is 0 Å². The van der Waals surface area contributed by atoms with Crippen molar-refractivity contribution in [2.45, 2.75) is 90.8 Å². The number of esters is 1. The molecule has 2 atom stereocenters. The average molecular weight is 552 g/mol. The van der Waals surface area contributed by atoms with Gasteiger partial charge in [-0.1, -0.05) is 62.9 Å². The zero-order chi connectivity index (χ0) is 28.6. The Bertz CT molecular complexity index is 875. The molecule has 38 heavy (non-hydrogen) atoms. The molecule has 0 aliphatic rings. The minimum Gasteiger partial charge on any atom is -0.466 e. The maximum absolute atomic E-state index is 13.8. The Morgan fingerprint density at radius 3 is 2.24 bits per heavy atom. The van der Waals surface area contributed by atoms with E-state index in [4.69, 9.17) is 9.47 Å². The molecular formula is C28H45N3O6S. The van der Waals surface area contributed by atoms with Gasteiger partial charge in [0, 0.05) is 18.8 Å². The molecule has 2 N–H and O–H groups in total. The second-order valence-corrected chi connectivity index (χ2v) is 10.4. The minimum atomic E-state index is -0.998. The molecule has 1 rings (SSSR count). The summed E-state index contributed by atoms with van der Waals surface area (Å²) in [5.41, 5.74) is -0.114. The fourth-order valence-electron chi connectivity index (χ4n) is 3.81. The quantitative estimate of drug-likeness (QED) is 0.159. The highest BCUT2D eigenvalue weighted by atomic mass is 32.1. The molecule has 1 aromatic rings. The van der Waals surface area contributed by atoms with E-state index in [1.807, 2.05) is 6.07 Å². The molecule has 2 unspecified atom stereocenters. The first kappa shape index (κ1) is 33.3. The van der Waals surface area contributed by atoms with Crippen LogP contribution in [-0.2, 0) is 23.9 Å². The smallest absolute Gasteiger partial charge is 0.408 e. The zero-order valence-electron chi connectivity index (χ0n) is 23.5. The second kappa shape index (κ2) is 17.7. The van der Waals surface area contributed by atoms with Crippen LogP contribution in [-0.4, -0.2) is 65.9 Å². The molecule has 9 nitrogen and oxygen atoms in total. The van der Waals surface area contributed by atoms with Gasteiger partial charge in [-0.3, -0.25) is 14.4 Å². The van der Waals surface area contributed by atoms with Gasteiger partial charge in [0.15, 0.2) is 0 Å². The van der Waals surface area contributed by atoms with E-state index >= 15 is 0 Å². The van der Waals surface area contributed by atoms with Gasteiger partial charge in [0.05, 0.1) is 13.0 Å². The third kappa shape index (κ3) is 12.7. The van der Waals surface area contributed by atoms with Gasteiger partial charge in [0.2, 0.25) is 11.8 Å². The Labute approximate surface area is 232 Å². The van der Waals surface area contributed by atoms with Crippen LogP contribution in [0.1, 0.15) is 84.7 Å². The number of amides is 3. The Balaban J connectivity index is 3.24. The summed E-state index contributed by atoms with van der Waals surface area (Å²) >= 11 is 4.31. The van der Waals surface area contributed by atoms with Gasteiger partial charge >= 0.3 is 12.1 Å². The van der Waals surface area contributed by atoms with Crippen LogP contribution in [0.5, 0.6) is 0 Å². The fraction of sp³-hybridized carbons (Fsp3) is 0.643. The van der Waals surface area contributed by atoms with Gasteiger partial charge in [0.1, 0.15) is 17.7 Å². The van der Waals surface area contributed by atoms with Crippen molar-refractivity contribution in [3.8, 4) is 0 Å². The number of benzene rings is 1. The first-order valence-electron chi connectivity index (χ1n) is 13.4. The van der Waals surface area contributed by atoms with Crippen LogP contribution < -0.4 is 10.6 Å². The first-order chi connectivity index (χ1) is 18.0. The lowest BCUT2D eigenvalue weighted by Crippen LogP contribution is -2.54. The van der Waals surface area contributed by atoms with Crippen molar-refractivity contribution < 1.29 is 28.7 Å². The number of hydrogen-bond acceptors (Lipinski definition) is 7. The summed E-state index contributed by atoms with van der Waals surface area (Å²) in [7, 11) is 0. The van der Waals surface area contributed by atoms with Crippen LogP contribution in [0.3, 0.4) is 0 Å². The standard InChI is InChI=1S/C28H45N3O6S/c1-6-8-9-10-14-19-31(26(34)22(20-38)30-27(35)37-28(3,4)5)24(21-15-12-11-13-16-21)25(33)29-18-17-23(32)36-7-2/h11-13,15-16,22,24,38H,6-10,14,17-20H2,1-5H3,(H,29,33)(H,30,35). The maximum Gasteiger partial charge on any atom is 0.408 e. The Hall–Kier alpha value is -2.75. The van der Waals surface area contributed by atoms with E-state index in [0.717, 1.165) is 25.7 Å². The number of ether oxygens (including phenoxy) is 2. The van der Waals surface area contributed by atoms with Crippen LogP contribution in [0, 0.1) is 0 Å². The van der Waals surface area contributed by atoms with E-state index in [9.17, 15) is 19.2 Å². The highest BCUT2D eigenvalue weighted by Crippen LogP contribution is 2.24. The Kier molecular flexibility index (Phi) is 15.5. The van der Waals surface area contributed by atoms with E-state index in [1.54, 1.807) is 52.0 Å². The number of carbonyl (C=O) groups is 4. The van der Waals surface area contributed by atoms with Gasteiger partial charge in [-0.25, -0.2) is 4.79 Å². The topological polar surface area (TPSA) is 114 Å². The molecular weight excluding hydrogens is 506 g/mol. The van der Waals surface area contributed by atoms with Crippen LogP contribution in [0.25, 0.3) is 0 Å².